The summed E-state index contributed by atoms with van der Waals surface area (Å²) in [4.78, 5) is 35.0. The highest BCUT2D eigenvalue weighted by Gasteiger charge is 2.24. The van der Waals surface area contributed by atoms with Crippen LogP contribution in [0.2, 0.25) is 10.0 Å². The van der Waals surface area contributed by atoms with E-state index in [1.165, 1.54) is 0 Å². The molecule has 3 N–H and O–H groups in total. The zero-order valence-electron chi connectivity index (χ0n) is 13.0. The predicted molar refractivity (Wildman–Crippen MR) is 105 cm³/mol. The molecule has 132 valence electrons. The number of hydrogen-bond acceptors (Lipinski definition) is 4. The van der Waals surface area contributed by atoms with Gasteiger partial charge in [-0.1, -0.05) is 35.3 Å². The second-order valence-corrected chi connectivity index (χ2v) is 7.01. The molecule has 0 saturated carbocycles. The normalized spacial score (nSPS) is 15.1. The molecule has 0 aliphatic carbocycles. The maximum absolute atomic E-state index is 12.0. The van der Waals surface area contributed by atoms with Crippen LogP contribution in [0.3, 0.4) is 0 Å². The molecule has 0 unspecified atom stereocenters. The van der Waals surface area contributed by atoms with E-state index >= 15 is 0 Å². The first kappa shape index (κ1) is 18.3. The minimum absolute atomic E-state index is 0.327. The van der Waals surface area contributed by atoms with Crippen molar-refractivity contribution in [2.75, 3.05) is 10.6 Å². The Bertz CT molecular complexity index is 929. The van der Waals surface area contributed by atoms with Gasteiger partial charge in [0.25, 0.3) is 11.1 Å². The second kappa shape index (κ2) is 7.82. The van der Waals surface area contributed by atoms with Crippen LogP contribution in [0, 0.1) is 0 Å². The molecule has 2 aromatic carbocycles. The Morgan fingerprint density at radius 2 is 1.62 bits per heavy atom. The number of carbonyl (C=O) groups excluding carboxylic acids is 3. The van der Waals surface area contributed by atoms with Crippen molar-refractivity contribution in [1.29, 1.82) is 0 Å². The number of nitrogens with one attached hydrogen (secondary N) is 3. The molecule has 2 aromatic rings. The lowest BCUT2D eigenvalue weighted by Crippen LogP contribution is -2.19. The number of halogens is 2. The quantitative estimate of drug-likeness (QED) is 0.627. The predicted octanol–water partition coefficient (Wildman–Crippen LogP) is 4.96. The molecule has 3 rings (SSSR count). The van der Waals surface area contributed by atoms with Gasteiger partial charge in [-0.25, -0.2) is 4.79 Å². The van der Waals surface area contributed by atoms with Crippen molar-refractivity contribution in [1.82, 2.24) is 5.32 Å². The fourth-order valence-electron chi connectivity index (χ4n) is 2.10. The lowest BCUT2D eigenvalue weighted by atomic mass is 10.2. The van der Waals surface area contributed by atoms with Crippen molar-refractivity contribution in [3.63, 3.8) is 0 Å². The smallest absolute Gasteiger partial charge is 0.308 e. The van der Waals surface area contributed by atoms with Gasteiger partial charge in [-0.05, 0) is 53.7 Å². The summed E-state index contributed by atoms with van der Waals surface area (Å²) in [6, 6.07) is 11.1. The van der Waals surface area contributed by atoms with E-state index in [1.54, 1.807) is 48.5 Å². The van der Waals surface area contributed by atoms with Gasteiger partial charge < -0.3 is 10.6 Å². The third-order valence-electron chi connectivity index (χ3n) is 3.29. The van der Waals surface area contributed by atoms with E-state index in [0.29, 0.717) is 26.3 Å². The lowest BCUT2D eigenvalue weighted by Gasteiger charge is -2.08. The minimum atomic E-state index is -0.439. The van der Waals surface area contributed by atoms with E-state index in [0.717, 1.165) is 17.3 Å². The number of urea groups is 1. The van der Waals surface area contributed by atoms with Gasteiger partial charge >= 0.3 is 6.03 Å². The number of anilines is 2. The summed E-state index contributed by atoms with van der Waals surface area (Å²) >= 11 is 12.6. The molecule has 0 aromatic heterocycles. The van der Waals surface area contributed by atoms with Crippen molar-refractivity contribution in [2.45, 2.75) is 0 Å². The number of carbonyl (C=O) groups is 3. The molecule has 26 heavy (non-hydrogen) atoms. The summed E-state index contributed by atoms with van der Waals surface area (Å²) in [5.41, 5.74) is 1.80. The average molecular weight is 408 g/mol. The van der Waals surface area contributed by atoms with E-state index in [-0.39, 0.29) is 0 Å². The Morgan fingerprint density at radius 1 is 0.962 bits per heavy atom. The maximum Gasteiger partial charge on any atom is 0.323 e. The van der Waals surface area contributed by atoms with Gasteiger partial charge in [0.2, 0.25) is 0 Å². The van der Waals surface area contributed by atoms with Gasteiger partial charge in [-0.15, -0.1) is 0 Å². The Balaban J connectivity index is 1.62. The summed E-state index contributed by atoms with van der Waals surface area (Å²) in [6.45, 7) is 0. The van der Waals surface area contributed by atoms with Crippen LogP contribution in [-0.4, -0.2) is 17.2 Å². The van der Waals surface area contributed by atoms with Gasteiger partial charge in [-0.2, -0.15) is 0 Å². The third kappa shape index (κ3) is 4.57. The van der Waals surface area contributed by atoms with Gasteiger partial charge in [0, 0.05) is 11.4 Å². The topological polar surface area (TPSA) is 87.3 Å². The van der Waals surface area contributed by atoms with Crippen LogP contribution in [0.4, 0.5) is 21.0 Å². The molecule has 0 bridgehead atoms. The Morgan fingerprint density at radius 3 is 2.23 bits per heavy atom. The van der Waals surface area contributed by atoms with Crippen LogP contribution in [0.1, 0.15) is 5.56 Å². The summed E-state index contributed by atoms with van der Waals surface area (Å²) in [7, 11) is 0. The van der Waals surface area contributed by atoms with Crippen LogP contribution in [-0.2, 0) is 4.79 Å². The number of benzene rings is 2. The molecule has 1 fully saturated rings. The Hall–Kier alpha value is -2.48. The summed E-state index contributed by atoms with van der Waals surface area (Å²) in [5.74, 6) is -0.414. The van der Waals surface area contributed by atoms with Crippen LogP contribution < -0.4 is 16.0 Å². The van der Waals surface area contributed by atoms with Crippen LogP contribution >= 0.6 is 35.0 Å². The zero-order valence-corrected chi connectivity index (χ0v) is 15.3. The lowest BCUT2D eigenvalue weighted by molar-refractivity contribution is -0.115. The Kier molecular flexibility index (Phi) is 5.51. The summed E-state index contributed by atoms with van der Waals surface area (Å²) in [5, 5.41) is 7.86. The molecule has 0 radical (unpaired) electrons. The highest BCUT2D eigenvalue weighted by Crippen LogP contribution is 2.26. The molecule has 1 aliphatic heterocycles. The summed E-state index contributed by atoms with van der Waals surface area (Å²) in [6.07, 6.45) is 1.60. The first-order valence-corrected chi connectivity index (χ1v) is 8.86. The van der Waals surface area contributed by atoms with Gasteiger partial charge in [0.1, 0.15) is 0 Å². The van der Waals surface area contributed by atoms with Crippen LogP contribution in [0.25, 0.3) is 6.08 Å². The van der Waals surface area contributed by atoms with Crippen molar-refractivity contribution >= 4 is 69.6 Å². The van der Waals surface area contributed by atoms with Gasteiger partial charge in [-0.3, -0.25) is 14.9 Å². The van der Waals surface area contributed by atoms with Crippen molar-refractivity contribution in [3.05, 3.63) is 63.0 Å². The standard InChI is InChI=1S/C17H11Cl2N3O3S/c18-12-6-5-11(8-13(12)19)21-16(24)20-10-3-1-9(2-4-10)7-14-15(23)22-17(25)26-14/h1-8H,(H2,20,21,24)(H,22,23,25). The van der Waals surface area contributed by atoms with Gasteiger partial charge in [0.05, 0.1) is 15.0 Å². The second-order valence-electron chi connectivity index (χ2n) is 5.18. The molecule has 9 heteroatoms. The molecule has 1 heterocycles. The number of thioether (sulfide) groups is 1. The van der Waals surface area contributed by atoms with E-state index in [1.807, 2.05) is 0 Å². The van der Waals surface area contributed by atoms with E-state index in [9.17, 15) is 14.4 Å². The van der Waals surface area contributed by atoms with Gasteiger partial charge in [0.15, 0.2) is 0 Å². The van der Waals surface area contributed by atoms with Crippen molar-refractivity contribution in [2.24, 2.45) is 0 Å². The number of rotatable bonds is 3. The molecule has 6 nitrogen and oxygen atoms in total. The molecule has 1 aliphatic rings. The minimum Gasteiger partial charge on any atom is -0.308 e. The zero-order chi connectivity index (χ0) is 18.7. The van der Waals surface area contributed by atoms with E-state index in [4.69, 9.17) is 23.2 Å². The van der Waals surface area contributed by atoms with Crippen LogP contribution in [0.5, 0.6) is 0 Å². The highest BCUT2D eigenvalue weighted by atomic mass is 35.5. The van der Waals surface area contributed by atoms with Crippen molar-refractivity contribution < 1.29 is 14.4 Å². The number of amides is 4. The molecule has 4 amide bonds. The van der Waals surface area contributed by atoms with E-state index < -0.39 is 17.2 Å². The molecule has 1 saturated heterocycles. The fraction of sp³-hybridized carbons (Fsp3) is 0. The Labute approximate surface area is 162 Å². The molecular weight excluding hydrogens is 397 g/mol. The molecule has 0 atom stereocenters. The maximum atomic E-state index is 12.0. The first-order chi connectivity index (χ1) is 12.4. The van der Waals surface area contributed by atoms with Crippen molar-refractivity contribution in [3.8, 4) is 0 Å². The third-order valence-corrected chi connectivity index (χ3v) is 4.84. The molecule has 0 spiro atoms. The first-order valence-electron chi connectivity index (χ1n) is 7.29. The fourth-order valence-corrected chi connectivity index (χ4v) is 3.08. The SMILES string of the molecule is O=C(Nc1ccc(C=C2SC(=O)NC2=O)cc1)Nc1ccc(Cl)c(Cl)c1. The van der Waals surface area contributed by atoms with Crippen LogP contribution in [0.15, 0.2) is 47.4 Å². The molecular formula is C17H11Cl2N3O3S. The average Bonchev–Trinajstić information content (AvgIpc) is 2.90. The monoisotopic (exact) mass is 407 g/mol. The van der Waals surface area contributed by atoms with E-state index in [2.05, 4.69) is 16.0 Å². The summed E-state index contributed by atoms with van der Waals surface area (Å²) < 4.78 is 0. The number of hydrogen-bond donors (Lipinski definition) is 3. The largest absolute Gasteiger partial charge is 0.323 e. The number of imide groups is 1. The highest BCUT2D eigenvalue weighted by molar-refractivity contribution is 8.18.